The van der Waals surface area contributed by atoms with Gasteiger partial charge >= 0.3 is 0 Å². The zero-order valence-electron chi connectivity index (χ0n) is 16.9. The summed E-state index contributed by atoms with van der Waals surface area (Å²) < 4.78 is 4.97. The maximum Gasteiger partial charge on any atom is 0.271 e. The fourth-order valence-corrected chi connectivity index (χ4v) is 3.38. The molecule has 0 atom stereocenters. The normalized spacial score (nSPS) is 14.2. The van der Waals surface area contributed by atoms with E-state index in [1.54, 1.807) is 13.2 Å². The molecule has 2 aromatic rings. The van der Waals surface area contributed by atoms with Crippen LogP contribution in [-0.4, -0.2) is 62.5 Å². The van der Waals surface area contributed by atoms with Gasteiger partial charge in [0.2, 0.25) is 0 Å². The highest BCUT2D eigenvalue weighted by Crippen LogP contribution is 2.24. The zero-order valence-corrected chi connectivity index (χ0v) is 16.9. The number of nitrogens with one attached hydrogen (secondary N) is 1. The van der Waals surface area contributed by atoms with E-state index >= 15 is 0 Å². The zero-order chi connectivity index (χ0) is 19.9. The van der Waals surface area contributed by atoms with Crippen molar-refractivity contribution >= 4 is 17.4 Å². The van der Waals surface area contributed by atoms with E-state index in [1.165, 1.54) is 16.8 Å². The van der Waals surface area contributed by atoms with Crippen molar-refractivity contribution in [2.24, 2.45) is 0 Å². The molecule has 0 aliphatic carbocycles. The van der Waals surface area contributed by atoms with Crippen LogP contribution in [0.1, 0.15) is 28.0 Å². The Labute approximate surface area is 166 Å². The first kappa shape index (κ1) is 20.1. The summed E-state index contributed by atoms with van der Waals surface area (Å²) in [5.74, 6) is 0.617. The average molecular weight is 383 g/mol. The van der Waals surface area contributed by atoms with E-state index in [2.05, 4.69) is 57.4 Å². The standard InChI is InChI=1S/C21H29N5O2/c1-16-6-4-7-19(17(16)2)25-11-13-26(14-12-25)20-9-8-18(23-24-20)21(27)22-10-5-15-28-3/h4,6-9H,5,10-15H2,1-3H3,(H,22,27). The van der Waals surface area contributed by atoms with E-state index in [0.717, 1.165) is 38.4 Å². The lowest BCUT2D eigenvalue weighted by Crippen LogP contribution is -2.47. The smallest absolute Gasteiger partial charge is 0.271 e. The Balaban J connectivity index is 1.54. The molecule has 2 heterocycles. The number of ether oxygens (including phenoxy) is 1. The van der Waals surface area contributed by atoms with Gasteiger partial charge in [-0.1, -0.05) is 12.1 Å². The number of carbonyl (C=O) groups is 1. The number of aryl methyl sites for hydroxylation is 1. The highest BCUT2D eigenvalue weighted by molar-refractivity contribution is 5.92. The van der Waals surface area contributed by atoms with Crippen LogP contribution in [0.3, 0.4) is 0 Å². The summed E-state index contributed by atoms with van der Waals surface area (Å²) >= 11 is 0. The molecular formula is C21H29N5O2. The van der Waals surface area contributed by atoms with Gasteiger partial charge < -0.3 is 19.9 Å². The molecule has 0 unspecified atom stereocenters. The summed E-state index contributed by atoms with van der Waals surface area (Å²) in [6, 6.07) is 10.1. The van der Waals surface area contributed by atoms with Crippen LogP contribution in [-0.2, 0) is 4.74 Å². The number of piperazine rings is 1. The molecule has 1 fully saturated rings. The summed E-state index contributed by atoms with van der Waals surface area (Å²) in [5, 5.41) is 11.2. The highest BCUT2D eigenvalue weighted by atomic mass is 16.5. The maximum absolute atomic E-state index is 12.1. The Kier molecular flexibility index (Phi) is 6.81. The molecule has 1 N–H and O–H groups in total. The van der Waals surface area contributed by atoms with Crippen molar-refractivity contribution in [1.29, 1.82) is 0 Å². The summed E-state index contributed by atoms with van der Waals surface area (Å²) in [6.07, 6.45) is 0.776. The molecule has 150 valence electrons. The summed E-state index contributed by atoms with van der Waals surface area (Å²) in [5.41, 5.74) is 4.32. The third-order valence-corrected chi connectivity index (χ3v) is 5.21. The minimum absolute atomic E-state index is 0.199. The minimum Gasteiger partial charge on any atom is -0.385 e. The Morgan fingerprint density at radius 3 is 2.50 bits per heavy atom. The van der Waals surface area contributed by atoms with Crippen molar-refractivity contribution in [2.45, 2.75) is 20.3 Å². The van der Waals surface area contributed by atoms with Gasteiger partial charge in [0, 0.05) is 52.1 Å². The second-order valence-electron chi connectivity index (χ2n) is 7.07. The number of nitrogens with zero attached hydrogens (tertiary/aromatic N) is 4. The van der Waals surface area contributed by atoms with Crippen LogP contribution in [0.2, 0.25) is 0 Å². The maximum atomic E-state index is 12.1. The van der Waals surface area contributed by atoms with Crippen LogP contribution in [0.15, 0.2) is 30.3 Å². The Bertz CT molecular complexity index is 786. The van der Waals surface area contributed by atoms with Crippen LogP contribution >= 0.6 is 0 Å². The molecule has 1 aliphatic heterocycles. The fraction of sp³-hybridized carbons (Fsp3) is 0.476. The van der Waals surface area contributed by atoms with Gasteiger partial charge in [-0.25, -0.2) is 0 Å². The summed E-state index contributed by atoms with van der Waals surface area (Å²) in [7, 11) is 1.65. The van der Waals surface area contributed by atoms with Gasteiger partial charge in [-0.05, 0) is 49.6 Å². The molecule has 0 saturated carbocycles. The number of methoxy groups -OCH3 is 1. The van der Waals surface area contributed by atoms with Crippen molar-refractivity contribution in [2.75, 3.05) is 56.2 Å². The van der Waals surface area contributed by atoms with Gasteiger partial charge in [-0.3, -0.25) is 4.79 Å². The monoisotopic (exact) mass is 383 g/mol. The van der Waals surface area contributed by atoms with Gasteiger partial charge in [-0.15, -0.1) is 10.2 Å². The van der Waals surface area contributed by atoms with E-state index in [4.69, 9.17) is 4.74 Å². The van der Waals surface area contributed by atoms with Gasteiger partial charge in [0.1, 0.15) is 0 Å². The van der Waals surface area contributed by atoms with E-state index < -0.39 is 0 Å². The van der Waals surface area contributed by atoms with Crippen molar-refractivity contribution in [3.8, 4) is 0 Å². The predicted octanol–water partition coefficient (Wildman–Crippen LogP) is 2.19. The number of anilines is 2. The van der Waals surface area contributed by atoms with Gasteiger partial charge in [0.05, 0.1) is 0 Å². The number of hydrogen-bond acceptors (Lipinski definition) is 6. The summed E-state index contributed by atoms with van der Waals surface area (Å²) in [6.45, 7) is 9.16. The molecule has 1 saturated heterocycles. The third-order valence-electron chi connectivity index (χ3n) is 5.21. The second-order valence-corrected chi connectivity index (χ2v) is 7.07. The quantitative estimate of drug-likeness (QED) is 0.739. The molecule has 3 rings (SSSR count). The number of amides is 1. The number of rotatable bonds is 7. The van der Waals surface area contributed by atoms with E-state index in [1.807, 2.05) is 6.07 Å². The van der Waals surface area contributed by atoms with Crippen LogP contribution in [0.25, 0.3) is 0 Å². The third kappa shape index (κ3) is 4.78. The molecule has 1 aromatic heterocycles. The number of benzene rings is 1. The summed E-state index contributed by atoms with van der Waals surface area (Å²) in [4.78, 5) is 16.7. The van der Waals surface area contributed by atoms with Crippen molar-refractivity contribution in [3.63, 3.8) is 0 Å². The number of aromatic nitrogens is 2. The Hall–Kier alpha value is -2.67. The molecule has 1 aliphatic rings. The van der Waals surface area contributed by atoms with Crippen LogP contribution in [0, 0.1) is 13.8 Å². The lowest BCUT2D eigenvalue weighted by atomic mass is 10.1. The molecule has 0 radical (unpaired) electrons. The first-order valence-electron chi connectivity index (χ1n) is 9.77. The van der Waals surface area contributed by atoms with Crippen molar-refractivity contribution < 1.29 is 9.53 Å². The first-order chi connectivity index (χ1) is 13.6. The first-order valence-corrected chi connectivity index (χ1v) is 9.77. The highest BCUT2D eigenvalue weighted by Gasteiger charge is 2.20. The molecule has 0 bridgehead atoms. The average Bonchev–Trinajstić information content (AvgIpc) is 2.73. The minimum atomic E-state index is -0.199. The molecule has 7 nitrogen and oxygen atoms in total. The van der Waals surface area contributed by atoms with Crippen LogP contribution in [0.4, 0.5) is 11.5 Å². The fourth-order valence-electron chi connectivity index (χ4n) is 3.38. The van der Waals surface area contributed by atoms with Gasteiger partial charge in [0.25, 0.3) is 5.91 Å². The SMILES string of the molecule is COCCCNC(=O)c1ccc(N2CCN(c3cccc(C)c3C)CC2)nn1. The Morgan fingerprint density at radius 1 is 1.07 bits per heavy atom. The lowest BCUT2D eigenvalue weighted by molar-refractivity contribution is 0.0942. The van der Waals surface area contributed by atoms with Crippen molar-refractivity contribution in [1.82, 2.24) is 15.5 Å². The Morgan fingerprint density at radius 2 is 1.82 bits per heavy atom. The molecule has 1 aromatic carbocycles. The molecule has 7 heteroatoms. The topological polar surface area (TPSA) is 70.6 Å². The molecular weight excluding hydrogens is 354 g/mol. The van der Waals surface area contributed by atoms with Crippen molar-refractivity contribution in [3.05, 3.63) is 47.2 Å². The second kappa shape index (κ2) is 9.50. The molecule has 1 amide bonds. The predicted molar refractivity (Wildman–Crippen MR) is 111 cm³/mol. The number of carbonyl (C=O) groups excluding carboxylic acids is 1. The largest absolute Gasteiger partial charge is 0.385 e. The van der Waals surface area contributed by atoms with E-state index in [-0.39, 0.29) is 5.91 Å². The van der Waals surface area contributed by atoms with E-state index in [9.17, 15) is 4.79 Å². The van der Waals surface area contributed by atoms with Gasteiger partial charge in [0.15, 0.2) is 11.5 Å². The number of hydrogen-bond donors (Lipinski definition) is 1. The molecule has 0 spiro atoms. The van der Waals surface area contributed by atoms with Crippen LogP contribution in [0.5, 0.6) is 0 Å². The van der Waals surface area contributed by atoms with Crippen LogP contribution < -0.4 is 15.1 Å². The molecule has 28 heavy (non-hydrogen) atoms. The van der Waals surface area contributed by atoms with Gasteiger partial charge in [-0.2, -0.15) is 0 Å². The lowest BCUT2D eigenvalue weighted by Gasteiger charge is -2.37. The van der Waals surface area contributed by atoms with E-state index in [0.29, 0.717) is 18.8 Å².